The van der Waals surface area contributed by atoms with Crippen molar-refractivity contribution in [3.8, 4) is 0 Å². The van der Waals surface area contributed by atoms with Crippen LogP contribution in [-0.2, 0) is 9.59 Å². The first-order valence-corrected chi connectivity index (χ1v) is 8.94. The molecule has 1 aliphatic heterocycles. The van der Waals surface area contributed by atoms with Gasteiger partial charge < -0.3 is 5.11 Å². The van der Waals surface area contributed by atoms with Crippen molar-refractivity contribution >= 4 is 35.0 Å². The highest BCUT2D eigenvalue weighted by atomic mass is 35.5. The Hall–Kier alpha value is -3.58. The van der Waals surface area contributed by atoms with Crippen molar-refractivity contribution in [2.24, 2.45) is 0 Å². The van der Waals surface area contributed by atoms with Gasteiger partial charge in [0, 0.05) is 23.0 Å². The number of benzene rings is 2. The highest BCUT2D eigenvalue weighted by molar-refractivity contribution is 6.51. The Morgan fingerprint density at radius 1 is 1.00 bits per heavy atom. The molecule has 29 heavy (non-hydrogen) atoms. The summed E-state index contributed by atoms with van der Waals surface area (Å²) in [6.45, 7) is 0. The highest BCUT2D eigenvalue weighted by Crippen LogP contribution is 2.41. The van der Waals surface area contributed by atoms with Crippen molar-refractivity contribution in [3.05, 3.63) is 94.5 Å². The predicted octanol–water partition coefficient (Wildman–Crippen LogP) is 3.90. The summed E-state index contributed by atoms with van der Waals surface area (Å²) in [4.78, 5) is 35.0. The molecule has 0 saturated carbocycles. The van der Waals surface area contributed by atoms with E-state index >= 15 is 0 Å². The Labute approximate surface area is 169 Å². The van der Waals surface area contributed by atoms with E-state index in [0.29, 0.717) is 10.6 Å². The van der Waals surface area contributed by atoms with Crippen molar-refractivity contribution < 1.29 is 19.1 Å². The van der Waals surface area contributed by atoms with Crippen LogP contribution in [0.5, 0.6) is 0 Å². The highest BCUT2D eigenvalue weighted by Gasteiger charge is 2.48. The van der Waals surface area contributed by atoms with Crippen LogP contribution in [0.3, 0.4) is 0 Å². The molecule has 1 atom stereocenters. The van der Waals surface area contributed by atoms with Crippen LogP contribution in [-0.4, -0.2) is 26.8 Å². The third-order valence-electron chi connectivity index (χ3n) is 4.52. The number of anilines is 1. The van der Waals surface area contributed by atoms with Gasteiger partial charge in [0.1, 0.15) is 11.6 Å². The van der Waals surface area contributed by atoms with Crippen LogP contribution < -0.4 is 4.90 Å². The van der Waals surface area contributed by atoms with E-state index < -0.39 is 29.3 Å². The van der Waals surface area contributed by atoms with Crippen LogP contribution in [0.25, 0.3) is 5.76 Å². The zero-order valence-corrected chi connectivity index (χ0v) is 15.5. The van der Waals surface area contributed by atoms with Crippen LogP contribution in [0.1, 0.15) is 17.2 Å². The summed E-state index contributed by atoms with van der Waals surface area (Å²) >= 11 is 5.97. The topological polar surface area (TPSA) is 83.4 Å². The van der Waals surface area contributed by atoms with Crippen molar-refractivity contribution in [1.82, 2.24) is 9.97 Å². The van der Waals surface area contributed by atoms with E-state index in [0.717, 1.165) is 17.0 Å². The fourth-order valence-corrected chi connectivity index (χ4v) is 3.30. The standard InChI is InChI=1S/C21H13ClFN3O3/c22-14-6-2-12(3-7-14)17-16(18(27)13-4-8-15(23)9-5-13)19(28)20(29)26(17)21-24-10-1-11-25-21/h1-11,17,27H/t17-/m0/s1. The number of carbonyl (C=O) groups is 2. The molecule has 1 fully saturated rings. The van der Waals surface area contributed by atoms with E-state index in [-0.39, 0.29) is 17.1 Å². The number of amides is 1. The molecule has 2 heterocycles. The normalized spacial score (nSPS) is 18.3. The van der Waals surface area contributed by atoms with Gasteiger partial charge >= 0.3 is 5.91 Å². The fraction of sp³-hybridized carbons (Fsp3) is 0.0476. The number of hydrogen-bond acceptors (Lipinski definition) is 5. The lowest BCUT2D eigenvalue weighted by Gasteiger charge is -2.23. The van der Waals surface area contributed by atoms with Gasteiger partial charge in [0.25, 0.3) is 5.78 Å². The molecule has 6 nitrogen and oxygen atoms in total. The molecule has 1 N–H and O–H groups in total. The van der Waals surface area contributed by atoms with Gasteiger partial charge in [-0.1, -0.05) is 23.7 Å². The quantitative estimate of drug-likeness (QED) is 0.403. The van der Waals surface area contributed by atoms with E-state index in [9.17, 15) is 19.1 Å². The van der Waals surface area contributed by atoms with Gasteiger partial charge in [0.15, 0.2) is 0 Å². The lowest BCUT2D eigenvalue weighted by molar-refractivity contribution is -0.132. The van der Waals surface area contributed by atoms with Gasteiger partial charge in [-0.15, -0.1) is 0 Å². The second-order valence-corrected chi connectivity index (χ2v) is 6.71. The van der Waals surface area contributed by atoms with E-state index in [1.54, 1.807) is 30.3 Å². The molecule has 1 saturated heterocycles. The first-order chi connectivity index (χ1) is 14.0. The monoisotopic (exact) mass is 409 g/mol. The molecule has 0 bridgehead atoms. The van der Waals surface area contributed by atoms with E-state index in [1.807, 2.05) is 0 Å². The largest absolute Gasteiger partial charge is 0.507 e. The van der Waals surface area contributed by atoms with Crippen molar-refractivity contribution in [3.63, 3.8) is 0 Å². The second kappa shape index (κ2) is 7.44. The number of aromatic nitrogens is 2. The Morgan fingerprint density at radius 3 is 2.24 bits per heavy atom. The van der Waals surface area contributed by atoms with Gasteiger partial charge in [-0.05, 0) is 48.0 Å². The average molecular weight is 410 g/mol. The summed E-state index contributed by atoms with van der Waals surface area (Å²) in [6.07, 6.45) is 2.89. The van der Waals surface area contributed by atoms with Crippen LogP contribution in [0, 0.1) is 5.82 Å². The van der Waals surface area contributed by atoms with Crippen LogP contribution in [0.15, 0.2) is 72.6 Å². The average Bonchev–Trinajstić information content (AvgIpc) is 3.00. The number of hydrogen-bond donors (Lipinski definition) is 1. The maximum absolute atomic E-state index is 13.3. The first kappa shape index (κ1) is 18.8. The summed E-state index contributed by atoms with van der Waals surface area (Å²) < 4.78 is 13.3. The van der Waals surface area contributed by atoms with Crippen molar-refractivity contribution in [2.75, 3.05) is 4.90 Å². The zero-order valence-electron chi connectivity index (χ0n) is 14.8. The predicted molar refractivity (Wildman–Crippen MR) is 105 cm³/mol. The van der Waals surface area contributed by atoms with Gasteiger partial charge in [-0.3, -0.25) is 14.5 Å². The lowest BCUT2D eigenvalue weighted by Crippen LogP contribution is -2.31. The third kappa shape index (κ3) is 3.36. The molecule has 0 unspecified atom stereocenters. The molecule has 4 rings (SSSR count). The molecule has 0 aliphatic carbocycles. The Kier molecular flexibility index (Phi) is 4.82. The molecule has 1 aliphatic rings. The summed E-state index contributed by atoms with van der Waals surface area (Å²) in [6, 6.07) is 12.1. The van der Waals surface area contributed by atoms with E-state index in [4.69, 9.17) is 11.6 Å². The summed E-state index contributed by atoms with van der Waals surface area (Å²) in [5, 5.41) is 11.3. The molecule has 8 heteroatoms. The molecular formula is C21H13ClFN3O3. The van der Waals surface area contributed by atoms with Crippen molar-refractivity contribution in [2.45, 2.75) is 6.04 Å². The van der Waals surface area contributed by atoms with Gasteiger partial charge in [0.05, 0.1) is 11.6 Å². The first-order valence-electron chi connectivity index (χ1n) is 8.57. The molecule has 0 spiro atoms. The van der Waals surface area contributed by atoms with Gasteiger partial charge in [0.2, 0.25) is 5.95 Å². The summed E-state index contributed by atoms with van der Waals surface area (Å²) in [5.41, 5.74) is 0.596. The molecule has 3 aromatic rings. The minimum Gasteiger partial charge on any atom is -0.507 e. The maximum atomic E-state index is 13.3. The van der Waals surface area contributed by atoms with Gasteiger partial charge in [-0.25, -0.2) is 14.4 Å². The Morgan fingerprint density at radius 2 is 1.62 bits per heavy atom. The molecular weight excluding hydrogens is 397 g/mol. The molecule has 1 aromatic heterocycles. The lowest BCUT2D eigenvalue weighted by atomic mass is 9.95. The molecule has 0 radical (unpaired) electrons. The molecule has 144 valence electrons. The smallest absolute Gasteiger partial charge is 0.302 e. The van der Waals surface area contributed by atoms with Crippen molar-refractivity contribution in [1.29, 1.82) is 0 Å². The fourth-order valence-electron chi connectivity index (χ4n) is 3.18. The summed E-state index contributed by atoms with van der Waals surface area (Å²) in [7, 11) is 0. The van der Waals surface area contributed by atoms with E-state index in [2.05, 4.69) is 9.97 Å². The molecule has 2 aromatic carbocycles. The number of aliphatic hydroxyl groups is 1. The number of Topliss-reactive ketones (excluding diaryl/α,β-unsaturated/α-hetero) is 1. The van der Waals surface area contributed by atoms with Gasteiger partial charge in [-0.2, -0.15) is 0 Å². The number of aliphatic hydroxyl groups excluding tert-OH is 1. The van der Waals surface area contributed by atoms with Crippen LogP contribution in [0.2, 0.25) is 5.02 Å². The summed E-state index contributed by atoms with van der Waals surface area (Å²) in [5.74, 6) is -2.65. The number of nitrogens with zero attached hydrogens (tertiary/aromatic N) is 3. The third-order valence-corrected chi connectivity index (χ3v) is 4.77. The van der Waals surface area contributed by atoms with Crippen LogP contribution in [0.4, 0.5) is 10.3 Å². The Bertz CT molecular complexity index is 1120. The second-order valence-electron chi connectivity index (χ2n) is 6.28. The minimum absolute atomic E-state index is 0.0210. The van der Waals surface area contributed by atoms with E-state index in [1.165, 1.54) is 24.5 Å². The number of carbonyl (C=O) groups excluding carboxylic acids is 2. The number of halogens is 2. The molecule has 1 amide bonds. The number of rotatable bonds is 3. The van der Waals surface area contributed by atoms with Crippen LogP contribution >= 0.6 is 11.6 Å². The minimum atomic E-state index is -0.972. The number of ketones is 1. The SMILES string of the molecule is O=C1C(=O)N(c2ncccn2)[C@@H](c2ccc(Cl)cc2)C1=C(O)c1ccc(F)cc1. The Balaban J connectivity index is 1.94. The maximum Gasteiger partial charge on any atom is 0.302 e. The zero-order chi connectivity index (χ0) is 20.5.